The average Bonchev–Trinajstić information content (AvgIpc) is 2.75. The number of esters is 2. The standard InChI is InChI=1S/C85H134NO8P/c1-3-5-7-9-11-13-15-17-19-21-23-25-27-29-31-33-35-37-38-39-40-41-42-43-44-46-48-50-52-54-56-58-60-62-64-66-68-70-72-74-76-78-85(88)94-83(82-93-95(89,90)92-80-79-86)81-91-84(87)77-75-73-71-69-67-65-63-61-59-57-55-53-51-49-47-45-36-34-32-30-28-26-24-22-20-18-16-14-12-10-8-6-4-2/h5-8,11-14,17-20,23-26,29-32,35-37,39-40,42-43,45-46,48-49,51-52,54-55,57,83H,3-4,9-10,15-16,21-22,27-28,33-34,38,41,44,47,50,53,56,58-82,86H2,1-2H3,(H,89,90)/b7-5-,8-6-,13-11-,14-12-,19-17-,20-18-,25-23-,26-24-,31-29-,32-30-,37-35-,40-39-,43-42-,45-36-,48-46-,51-49-,54-52-,57-55-. The number of unbranched alkanes of at least 4 members (excludes halogenated alkanes) is 18. The molecular weight excluding hydrogens is 1190 g/mol. The number of ether oxygens (including phenoxy) is 2. The molecule has 3 N–H and O–H groups in total. The first-order valence-corrected chi connectivity index (χ1v) is 38.7. The predicted molar refractivity (Wildman–Crippen MR) is 412 cm³/mol. The first-order valence-electron chi connectivity index (χ1n) is 37.2. The molecule has 0 aromatic heterocycles. The fourth-order valence-corrected chi connectivity index (χ4v) is 10.2. The molecule has 0 saturated carbocycles. The van der Waals surface area contributed by atoms with Gasteiger partial charge in [0.2, 0.25) is 0 Å². The van der Waals surface area contributed by atoms with E-state index in [1.807, 2.05) is 0 Å². The van der Waals surface area contributed by atoms with Gasteiger partial charge in [0, 0.05) is 19.4 Å². The van der Waals surface area contributed by atoms with Gasteiger partial charge in [-0.1, -0.05) is 322 Å². The van der Waals surface area contributed by atoms with Gasteiger partial charge in [-0.25, -0.2) is 4.57 Å². The Morgan fingerprint density at radius 3 is 0.811 bits per heavy atom. The molecular formula is C85H134NO8P. The summed E-state index contributed by atoms with van der Waals surface area (Å²) in [6, 6.07) is 0. The highest BCUT2D eigenvalue weighted by Crippen LogP contribution is 2.43. The molecule has 0 saturated heterocycles. The Labute approximate surface area is 581 Å². The van der Waals surface area contributed by atoms with Crippen molar-refractivity contribution in [3.8, 4) is 0 Å². The topological polar surface area (TPSA) is 134 Å². The van der Waals surface area contributed by atoms with E-state index in [0.717, 1.165) is 167 Å². The number of hydrogen-bond donors (Lipinski definition) is 2. The molecule has 0 radical (unpaired) electrons. The molecule has 0 aliphatic rings. The van der Waals surface area contributed by atoms with Gasteiger partial charge in [-0.15, -0.1) is 0 Å². The summed E-state index contributed by atoms with van der Waals surface area (Å²) < 4.78 is 33.2. The smallest absolute Gasteiger partial charge is 0.462 e. The Morgan fingerprint density at radius 2 is 0.547 bits per heavy atom. The molecule has 95 heavy (non-hydrogen) atoms. The van der Waals surface area contributed by atoms with Crippen molar-refractivity contribution in [3.63, 3.8) is 0 Å². The molecule has 0 spiro atoms. The first kappa shape index (κ1) is 89.3. The van der Waals surface area contributed by atoms with Crippen molar-refractivity contribution in [1.29, 1.82) is 0 Å². The molecule has 0 aliphatic carbocycles. The summed E-state index contributed by atoms with van der Waals surface area (Å²) in [5.41, 5.74) is 5.41. The van der Waals surface area contributed by atoms with Crippen LogP contribution >= 0.6 is 7.82 Å². The van der Waals surface area contributed by atoms with Gasteiger partial charge < -0.3 is 20.1 Å². The Hall–Kier alpha value is -5.67. The van der Waals surface area contributed by atoms with Gasteiger partial charge >= 0.3 is 19.8 Å². The summed E-state index contributed by atoms with van der Waals surface area (Å²) in [6.07, 6.45) is 120. The minimum atomic E-state index is -4.41. The van der Waals surface area contributed by atoms with Gasteiger partial charge in [-0.2, -0.15) is 0 Å². The largest absolute Gasteiger partial charge is 0.472 e. The zero-order valence-corrected chi connectivity index (χ0v) is 60.7. The van der Waals surface area contributed by atoms with Crippen molar-refractivity contribution in [2.24, 2.45) is 5.73 Å². The van der Waals surface area contributed by atoms with E-state index in [4.69, 9.17) is 24.3 Å². The van der Waals surface area contributed by atoms with Crippen molar-refractivity contribution in [3.05, 3.63) is 219 Å². The number of nitrogens with two attached hydrogens (primary N) is 1. The number of carbonyl (C=O) groups excluding carboxylic acids is 2. The van der Waals surface area contributed by atoms with Crippen LogP contribution in [-0.2, 0) is 32.7 Å². The van der Waals surface area contributed by atoms with Crippen molar-refractivity contribution < 1.29 is 37.6 Å². The van der Waals surface area contributed by atoms with Crippen molar-refractivity contribution >= 4 is 19.8 Å². The second kappa shape index (κ2) is 77.3. The fraction of sp³-hybridized carbons (Fsp3) is 0.553. The zero-order chi connectivity index (χ0) is 68.6. The molecule has 9 nitrogen and oxygen atoms in total. The van der Waals surface area contributed by atoms with Gasteiger partial charge in [-0.3, -0.25) is 18.6 Å². The highest BCUT2D eigenvalue weighted by molar-refractivity contribution is 7.47. The molecule has 0 fully saturated rings. The maximum atomic E-state index is 12.8. The summed E-state index contributed by atoms with van der Waals surface area (Å²) in [5, 5.41) is 0. The van der Waals surface area contributed by atoms with E-state index in [2.05, 4.69) is 233 Å². The van der Waals surface area contributed by atoms with Crippen molar-refractivity contribution in [2.45, 2.75) is 277 Å². The van der Waals surface area contributed by atoms with Crippen LogP contribution in [0.2, 0.25) is 0 Å². The third-order valence-corrected chi connectivity index (χ3v) is 15.8. The lowest BCUT2D eigenvalue weighted by atomic mass is 10.0. The van der Waals surface area contributed by atoms with E-state index in [1.165, 1.54) is 64.2 Å². The Bertz CT molecular complexity index is 2370. The summed E-state index contributed by atoms with van der Waals surface area (Å²) in [5.74, 6) is -0.855. The van der Waals surface area contributed by atoms with E-state index in [1.54, 1.807) is 0 Å². The van der Waals surface area contributed by atoms with Crippen LogP contribution in [0.5, 0.6) is 0 Å². The van der Waals surface area contributed by atoms with Crippen LogP contribution in [0.3, 0.4) is 0 Å². The zero-order valence-electron chi connectivity index (χ0n) is 59.8. The van der Waals surface area contributed by atoms with Crippen LogP contribution in [0, 0.1) is 0 Å². The highest BCUT2D eigenvalue weighted by atomic mass is 31.2. The summed E-state index contributed by atoms with van der Waals surface area (Å²) in [6.45, 7) is 3.48. The van der Waals surface area contributed by atoms with Crippen LogP contribution in [0.15, 0.2) is 219 Å². The third kappa shape index (κ3) is 77.2. The summed E-state index contributed by atoms with van der Waals surface area (Å²) in [7, 11) is -4.41. The lowest BCUT2D eigenvalue weighted by Crippen LogP contribution is -2.29. The van der Waals surface area contributed by atoms with Crippen molar-refractivity contribution in [2.75, 3.05) is 26.4 Å². The van der Waals surface area contributed by atoms with E-state index >= 15 is 0 Å². The fourth-order valence-electron chi connectivity index (χ4n) is 9.44. The molecule has 0 aliphatic heterocycles. The number of phosphoric acid groups is 1. The number of rotatable bonds is 67. The van der Waals surface area contributed by atoms with Crippen LogP contribution in [-0.4, -0.2) is 49.3 Å². The number of allylic oxidation sites excluding steroid dienone is 36. The second-order valence-corrected chi connectivity index (χ2v) is 25.1. The molecule has 10 heteroatoms. The summed E-state index contributed by atoms with van der Waals surface area (Å²) in [4.78, 5) is 35.4. The van der Waals surface area contributed by atoms with Gasteiger partial charge in [0.25, 0.3) is 0 Å². The normalized spacial score (nSPS) is 14.2. The van der Waals surface area contributed by atoms with Crippen molar-refractivity contribution in [1.82, 2.24) is 0 Å². The second-order valence-electron chi connectivity index (χ2n) is 23.7. The lowest BCUT2D eigenvalue weighted by molar-refractivity contribution is -0.161. The number of hydrogen-bond acceptors (Lipinski definition) is 8. The summed E-state index contributed by atoms with van der Waals surface area (Å²) >= 11 is 0. The third-order valence-electron chi connectivity index (χ3n) is 14.9. The molecule has 0 amide bonds. The van der Waals surface area contributed by atoms with Gasteiger partial charge in [0.15, 0.2) is 6.10 Å². The molecule has 0 rings (SSSR count). The lowest BCUT2D eigenvalue weighted by Gasteiger charge is -2.19. The van der Waals surface area contributed by atoms with Crippen LogP contribution in [0.25, 0.3) is 0 Å². The van der Waals surface area contributed by atoms with E-state index < -0.39 is 32.5 Å². The Kier molecular flexibility index (Phi) is 72.7. The van der Waals surface area contributed by atoms with Gasteiger partial charge in [-0.05, 0) is 154 Å². The monoisotopic (exact) mass is 1330 g/mol. The molecule has 0 aromatic carbocycles. The SMILES string of the molecule is CC/C=C\C/C=C\C/C=C\C/C=C\C/C=C\C/C=C\C/C=C\C/C=C\C/C=C\C/C=C\CCCCCCCCCCCCC(=O)OC(COC(=O)CCCCCCCCCC/C=C\C/C=C\C/C=C\C/C=C\C/C=C\C/C=C\C/C=C\C/C=C\CC)COP(=O)(O)OCCN. The van der Waals surface area contributed by atoms with E-state index in [9.17, 15) is 19.0 Å². The molecule has 2 unspecified atom stereocenters. The van der Waals surface area contributed by atoms with Crippen LogP contribution in [0.4, 0.5) is 0 Å². The predicted octanol–water partition coefficient (Wildman–Crippen LogP) is 25.2. The quantitative estimate of drug-likeness (QED) is 0.0264. The van der Waals surface area contributed by atoms with E-state index in [-0.39, 0.29) is 32.6 Å². The Morgan fingerprint density at radius 1 is 0.316 bits per heavy atom. The number of carbonyl (C=O) groups is 2. The Balaban J connectivity index is 3.99. The highest BCUT2D eigenvalue weighted by Gasteiger charge is 2.26. The van der Waals surface area contributed by atoms with Gasteiger partial charge in [0.05, 0.1) is 13.2 Å². The van der Waals surface area contributed by atoms with Gasteiger partial charge in [0.1, 0.15) is 6.61 Å². The molecule has 0 aromatic rings. The molecule has 532 valence electrons. The van der Waals surface area contributed by atoms with E-state index in [0.29, 0.717) is 12.8 Å². The maximum absolute atomic E-state index is 12.8. The minimum Gasteiger partial charge on any atom is -0.462 e. The molecule has 2 atom stereocenters. The molecule has 0 heterocycles. The minimum absolute atomic E-state index is 0.0406. The first-order chi connectivity index (χ1) is 46.8. The maximum Gasteiger partial charge on any atom is 0.472 e. The van der Waals surface area contributed by atoms with Crippen LogP contribution < -0.4 is 5.73 Å². The average molecular weight is 1330 g/mol. The number of phosphoric ester groups is 1. The molecule has 0 bridgehead atoms. The van der Waals surface area contributed by atoms with Crippen LogP contribution in [0.1, 0.15) is 271 Å².